The van der Waals surface area contributed by atoms with Crippen LogP contribution < -0.4 is 0 Å². The molecule has 0 aromatic heterocycles. The molecular formula is HB2IO2. The zero-order valence-corrected chi connectivity index (χ0v) is 4.64. The van der Waals surface area contributed by atoms with Gasteiger partial charge in [0.2, 0.25) is 0 Å². The molecule has 0 aromatic carbocycles. The van der Waals surface area contributed by atoms with Gasteiger partial charge in [-0.25, -0.2) is 0 Å². The van der Waals surface area contributed by atoms with Crippen molar-refractivity contribution in [3.8, 4) is 0 Å². The average molecular weight is 182 g/mol. The second-order valence-corrected chi connectivity index (χ2v) is 0.995. The minimum absolute atomic E-state index is 0.423. The SMILES string of the molecule is O=BOBI. The summed E-state index contributed by atoms with van der Waals surface area (Å²) in [6.07, 6.45) is 0. The van der Waals surface area contributed by atoms with Crippen LogP contribution in [0.5, 0.6) is 0 Å². The molecule has 0 saturated carbocycles. The molecule has 5 heteroatoms. The van der Waals surface area contributed by atoms with Gasteiger partial charge in [0.1, 0.15) is 0 Å². The van der Waals surface area contributed by atoms with E-state index in [1.807, 2.05) is 22.4 Å². The quantitative estimate of drug-likeness (QED) is 0.431. The average Bonchev–Trinajstić information content (AvgIpc) is 1.41. The summed E-state index contributed by atoms with van der Waals surface area (Å²) >= 11 is 1.93. The first-order valence-electron chi connectivity index (χ1n) is 1.03. The molecule has 5 heavy (non-hydrogen) atoms. The van der Waals surface area contributed by atoms with E-state index in [1.165, 1.54) is 0 Å². The maximum absolute atomic E-state index is 9.18. The van der Waals surface area contributed by atoms with Gasteiger partial charge in [-0.1, -0.05) is 0 Å². The summed E-state index contributed by atoms with van der Waals surface area (Å²) in [5.74, 6) is 0. The van der Waals surface area contributed by atoms with Gasteiger partial charge >= 0.3 is 44.3 Å². The van der Waals surface area contributed by atoms with Gasteiger partial charge in [-0.15, -0.1) is 0 Å². The van der Waals surface area contributed by atoms with Crippen molar-refractivity contribution in [3.05, 3.63) is 0 Å². The Morgan fingerprint density at radius 1 is 2.00 bits per heavy atom. The molecule has 0 unspecified atom stereocenters. The van der Waals surface area contributed by atoms with Crippen LogP contribution in [0, 0.1) is 0 Å². The van der Waals surface area contributed by atoms with Crippen LogP contribution in [-0.4, -0.2) is 12.7 Å². The van der Waals surface area contributed by atoms with Crippen LogP contribution in [0.1, 0.15) is 0 Å². The third-order valence-electron chi connectivity index (χ3n) is 0.131. The predicted molar refractivity (Wildman–Crippen MR) is 28.7 cm³/mol. The van der Waals surface area contributed by atoms with Crippen LogP contribution in [-0.2, 0) is 9.28 Å². The Balaban J connectivity index is 2.40. The Kier molecular flexibility index (Phi) is 4.87. The minimum atomic E-state index is 0.423. The predicted octanol–water partition coefficient (Wildman–Crippen LogP) is -0.331. The molecule has 0 aliphatic carbocycles. The van der Waals surface area contributed by atoms with E-state index in [1.54, 1.807) is 0 Å². The molecule has 0 radical (unpaired) electrons. The number of hydrogen-bond donors (Lipinski definition) is 0. The van der Waals surface area contributed by atoms with Gasteiger partial charge in [0.25, 0.3) is 0 Å². The molecule has 2 nitrogen and oxygen atoms in total. The van der Waals surface area contributed by atoms with Gasteiger partial charge in [-0.05, 0) is 0 Å². The first-order chi connectivity index (χ1) is 2.41. The van der Waals surface area contributed by atoms with Crippen LogP contribution in [0.3, 0.4) is 0 Å². The molecule has 0 N–H and O–H groups in total. The molecule has 0 bridgehead atoms. The molecule has 0 saturated heterocycles. The first kappa shape index (κ1) is 5.46. The summed E-state index contributed by atoms with van der Waals surface area (Å²) in [7, 11) is 0.423. The van der Waals surface area contributed by atoms with E-state index in [0.29, 0.717) is 12.7 Å². The maximum atomic E-state index is 9.18. The number of rotatable bonds is 2. The van der Waals surface area contributed by atoms with E-state index in [2.05, 4.69) is 4.57 Å². The molecule has 0 aliphatic heterocycles. The summed E-state index contributed by atoms with van der Waals surface area (Å²) in [6.45, 7) is 0. The molecule has 26 valence electrons. The van der Waals surface area contributed by atoms with Crippen molar-refractivity contribution in [2.24, 2.45) is 0 Å². The Morgan fingerprint density at radius 3 is 2.60 bits per heavy atom. The molecule has 0 spiro atoms. The van der Waals surface area contributed by atoms with Crippen LogP contribution in [0.2, 0.25) is 0 Å². The van der Waals surface area contributed by atoms with Crippen LogP contribution in [0.25, 0.3) is 0 Å². The summed E-state index contributed by atoms with van der Waals surface area (Å²) in [5, 5.41) is 0.446. The van der Waals surface area contributed by atoms with E-state index in [-0.39, 0.29) is 0 Å². The van der Waals surface area contributed by atoms with Crippen molar-refractivity contribution in [1.29, 1.82) is 0 Å². The normalized spacial score (nSPS) is 5.00. The molecule has 0 aromatic rings. The standard InChI is InChI=1S/B2HIO2/c3-1-5-2-4/h1H. The third kappa shape index (κ3) is 4.46. The molecule has 0 fully saturated rings. The third-order valence-corrected chi connectivity index (χ3v) is 0.491. The van der Waals surface area contributed by atoms with Crippen LogP contribution in [0.15, 0.2) is 0 Å². The summed E-state index contributed by atoms with van der Waals surface area (Å²) in [6, 6.07) is 0. The fourth-order valence-corrected chi connectivity index (χ4v) is 0.173. The van der Waals surface area contributed by atoms with Crippen molar-refractivity contribution < 1.29 is 9.28 Å². The fraction of sp³-hybridized carbons (Fsp3) is 0. The monoisotopic (exact) mass is 182 g/mol. The molecule has 0 aliphatic rings. The van der Waals surface area contributed by atoms with E-state index >= 15 is 0 Å². The van der Waals surface area contributed by atoms with Crippen molar-refractivity contribution >= 4 is 35.1 Å². The van der Waals surface area contributed by atoms with E-state index < -0.39 is 0 Å². The molecule has 0 heterocycles. The second kappa shape index (κ2) is 4.46. The number of hydrogen-bond acceptors (Lipinski definition) is 2. The van der Waals surface area contributed by atoms with Crippen molar-refractivity contribution in [2.45, 2.75) is 0 Å². The van der Waals surface area contributed by atoms with Crippen molar-refractivity contribution in [3.63, 3.8) is 0 Å². The molecular weight excluding hydrogens is 181 g/mol. The van der Waals surface area contributed by atoms with E-state index in [9.17, 15) is 4.70 Å². The first-order valence-corrected chi connectivity index (χ1v) is 2.55. The van der Waals surface area contributed by atoms with E-state index in [4.69, 9.17) is 0 Å². The Morgan fingerprint density at radius 2 is 2.60 bits per heavy atom. The number of halogens is 1. The zero-order valence-electron chi connectivity index (χ0n) is 2.48. The molecule has 0 amide bonds. The zero-order chi connectivity index (χ0) is 4.12. The van der Waals surface area contributed by atoms with Gasteiger partial charge in [-0.2, -0.15) is 0 Å². The topological polar surface area (TPSA) is 26.3 Å². The second-order valence-electron chi connectivity index (χ2n) is 0.372. The van der Waals surface area contributed by atoms with Crippen molar-refractivity contribution in [1.82, 2.24) is 0 Å². The Bertz CT molecular complexity index is 28.8. The van der Waals surface area contributed by atoms with Crippen LogP contribution >= 0.6 is 22.4 Å². The van der Waals surface area contributed by atoms with Gasteiger partial charge in [0.05, 0.1) is 0 Å². The van der Waals surface area contributed by atoms with Gasteiger partial charge in [0.15, 0.2) is 0 Å². The van der Waals surface area contributed by atoms with Crippen molar-refractivity contribution in [2.75, 3.05) is 0 Å². The molecule has 0 rings (SSSR count). The Labute approximate surface area is 44.7 Å². The van der Waals surface area contributed by atoms with Gasteiger partial charge in [0, 0.05) is 0 Å². The van der Waals surface area contributed by atoms with Crippen LogP contribution in [0.4, 0.5) is 0 Å². The molecule has 0 atom stereocenters. The van der Waals surface area contributed by atoms with Gasteiger partial charge < -0.3 is 0 Å². The summed E-state index contributed by atoms with van der Waals surface area (Å²) < 4.78 is 13.3. The van der Waals surface area contributed by atoms with E-state index in [0.717, 1.165) is 0 Å². The van der Waals surface area contributed by atoms with Gasteiger partial charge in [-0.3, -0.25) is 0 Å². The fourth-order valence-electron chi connectivity index (χ4n) is 0.0257. The summed E-state index contributed by atoms with van der Waals surface area (Å²) in [5.41, 5.74) is 0. The Hall–Kier alpha value is 0.460. The summed E-state index contributed by atoms with van der Waals surface area (Å²) in [4.78, 5) is 0.